The van der Waals surface area contributed by atoms with Crippen molar-refractivity contribution in [2.75, 3.05) is 6.61 Å². The van der Waals surface area contributed by atoms with Crippen LogP contribution in [0.4, 0.5) is 0 Å². The highest BCUT2D eigenvalue weighted by atomic mass is 16.5. The molecule has 0 fully saturated rings. The van der Waals surface area contributed by atoms with Crippen LogP contribution < -0.4 is 0 Å². The second kappa shape index (κ2) is 7.58. The molecular weight excluding hydrogens is 268 g/mol. The van der Waals surface area contributed by atoms with Gasteiger partial charge in [0.05, 0.1) is 13.2 Å². The third-order valence-corrected chi connectivity index (χ3v) is 3.71. The van der Waals surface area contributed by atoms with Crippen LogP contribution in [0.15, 0.2) is 84.9 Å². The summed E-state index contributed by atoms with van der Waals surface area (Å²) in [5, 5.41) is 0. The molecule has 0 aliphatic rings. The topological polar surface area (TPSA) is 9.23 Å². The first-order valence-corrected chi connectivity index (χ1v) is 7.68. The molecule has 110 valence electrons. The maximum absolute atomic E-state index is 5.74. The standard InChI is InChI=1S/C21H20O/c1-3-7-19(8-4-1)17-22-16-15-18-11-13-21(14-12-18)20-9-5-2-6-10-20/h1-14H,15-17H2. The quantitative estimate of drug-likeness (QED) is 0.572. The van der Waals surface area contributed by atoms with Gasteiger partial charge in [-0.25, -0.2) is 0 Å². The molecule has 3 aromatic rings. The van der Waals surface area contributed by atoms with Gasteiger partial charge in [-0.05, 0) is 28.7 Å². The van der Waals surface area contributed by atoms with Gasteiger partial charge in [-0.15, -0.1) is 0 Å². The molecule has 3 aromatic carbocycles. The number of hydrogen-bond donors (Lipinski definition) is 0. The highest BCUT2D eigenvalue weighted by molar-refractivity contribution is 5.63. The lowest BCUT2D eigenvalue weighted by molar-refractivity contribution is 0.124. The van der Waals surface area contributed by atoms with Crippen molar-refractivity contribution in [2.45, 2.75) is 13.0 Å². The van der Waals surface area contributed by atoms with Crippen molar-refractivity contribution < 1.29 is 4.74 Å². The lowest BCUT2D eigenvalue weighted by Gasteiger charge is -2.06. The van der Waals surface area contributed by atoms with Gasteiger partial charge in [0.2, 0.25) is 0 Å². The van der Waals surface area contributed by atoms with Gasteiger partial charge in [-0.3, -0.25) is 0 Å². The Balaban J connectivity index is 1.49. The van der Waals surface area contributed by atoms with E-state index in [0.717, 1.165) is 13.0 Å². The van der Waals surface area contributed by atoms with Gasteiger partial charge in [0, 0.05) is 0 Å². The fourth-order valence-electron chi connectivity index (χ4n) is 2.45. The normalized spacial score (nSPS) is 10.5. The third kappa shape index (κ3) is 4.06. The van der Waals surface area contributed by atoms with Crippen LogP contribution in [0.2, 0.25) is 0 Å². The van der Waals surface area contributed by atoms with E-state index in [1.165, 1.54) is 22.3 Å². The molecule has 0 spiro atoms. The van der Waals surface area contributed by atoms with Crippen LogP contribution >= 0.6 is 0 Å². The summed E-state index contributed by atoms with van der Waals surface area (Å²) >= 11 is 0. The maximum Gasteiger partial charge on any atom is 0.0717 e. The van der Waals surface area contributed by atoms with Crippen LogP contribution in [0.25, 0.3) is 11.1 Å². The Hall–Kier alpha value is -2.38. The van der Waals surface area contributed by atoms with Crippen LogP contribution in [0, 0.1) is 0 Å². The lowest BCUT2D eigenvalue weighted by Crippen LogP contribution is -1.99. The Morgan fingerprint density at radius 2 is 1.14 bits per heavy atom. The minimum absolute atomic E-state index is 0.683. The Labute approximate surface area is 132 Å². The van der Waals surface area contributed by atoms with Gasteiger partial charge in [0.15, 0.2) is 0 Å². The van der Waals surface area contributed by atoms with E-state index in [4.69, 9.17) is 4.74 Å². The van der Waals surface area contributed by atoms with E-state index in [2.05, 4.69) is 60.7 Å². The molecular formula is C21H20O. The average molecular weight is 288 g/mol. The molecule has 22 heavy (non-hydrogen) atoms. The molecule has 0 aliphatic heterocycles. The molecule has 3 rings (SSSR count). The second-order valence-electron chi connectivity index (χ2n) is 5.35. The Morgan fingerprint density at radius 3 is 1.82 bits per heavy atom. The van der Waals surface area contributed by atoms with Crippen molar-refractivity contribution in [3.63, 3.8) is 0 Å². The predicted octanol–water partition coefficient (Wildman–Crippen LogP) is 5.11. The summed E-state index contributed by atoms with van der Waals surface area (Å²) in [6, 6.07) is 29.5. The van der Waals surface area contributed by atoms with E-state index in [0.29, 0.717) is 6.61 Å². The Bertz CT molecular complexity index is 672. The first-order valence-electron chi connectivity index (χ1n) is 7.68. The van der Waals surface area contributed by atoms with E-state index in [9.17, 15) is 0 Å². The van der Waals surface area contributed by atoms with Gasteiger partial charge in [-0.1, -0.05) is 84.9 Å². The van der Waals surface area contributed by atoms with Gasteiger partial charge >= 0.3 is 0 Å². The zero-order chi connectivity index (χ0) is 15.0. The van der Waals surface area contributed by atoms with E-state index in [1.54, 1.807) is 0 Å². The molecule has 0 amide bonds. The molecule has 0 aliphatic carbocycles. The van der Waals surface area contributed by atoms with Crippen LogP contribution in [-0.4, -0.2) is 6.61 Å². The van der Waals surface area contributed by atoms with Crippen LogP contribution in [0.5, 0.6) is 0 Å². The summed E-state index contributed by atoms with van der Waals surface area (Å²) in [6.07, 6.45) is 0.946. The molecule has 0 heterocycles. The van der Waals surface area contributed by atoms with Crippen molar-refractivity contribution in [2.24, 2.45) is 0 Å². The van der Waals surface area contributed by atoms with Crippen molar-refractivity contribution >= 4 is 0 Å². The number of rotatable bonds is 6. The molecule has 0 saturated carbocycles. The summed E-state index contributed by atoms with van der Waals surface area (Å²) in [5.74, 6) is 0. The highest BCUT2D eigenvalue weighted by Gasteiger charge is 1.98. The summed E-state index contributed by atoms with van der Waals surface area (Å²) in [5.41, 5.74) is 5.05. The van der Waals surface area contributed by atoms with Crippen molar-refractivity contribution in [1.29, 1.82) is 0 Å². The SMILES string of the molecule is c1ccc(COCCc2ccc(-c3ccccc3)cc2)cc1. The van der Waals surface area contributed by atoms with Gasteiger partial charge in [0.1, 0.15) is 0 Å². The molecule has 0 N–H and O–H groups in total. The largest absolute Gasteiger partial charge is 0.376 e. The number of ether oxygens (including phenoxy) is 1. The van der Waals surface area contributed by atoms with E-state index in [-0.39, 0.29) is 0 Å². The molecule has 1 heteroatoms. The number of benzene rings is 3. The minimum Gasteiger partial charge on any atom is -0.376 e. The number of hydrogen-bond acceptors (Lipinski definition) is 1. The Morgan fingerprint density at radius 1 is 0.545 bits per heavy atom. The fourth-order valence-corrected chi connectivity index (χ4v) is 2.45. The van der Waals surface area contributed by atoms with Crippen LogP contribution in [-0.2, 0) is 17.8 Å². The van der Waals surface area contributed by atoms with E-state index < -0.39 is 0 Å². The van der Waals surface area contributed by atoms with Gasteiger partial charge in [0.25, 0.3) is 0 Å². The molecule has 0 bridgehead atoms. The second-order valence-corrected chi connectivity index (χ2v) is 5.35. The summed E-state index contributed by atoms with van der Waals surface area (Å²) in [7, 11) is 0. The predicted molar refractivity (Wildman–Crippen MR) is 91.7 cm³/mol. The van der Waals surface area contributed by atoms with Gasteiger partial charge in [-0.2, -0.15) is 0 Å². The molecule has 0 aromatic heterocycles. The maximum atomic E-state index is 5.74. The Kier molecular flexibility index (Phi) is 5.01. The lowest BCUT2D eigenvalue weighted by atomic mass is 10.0. The summed E-state index contributed by atoms with van der Waals surface area (Å²) < 4.78 is 5.74. The molecule has 0 atom stereocenters. The van der Waals surface area contributed by atoms with Crippen molar-refractivity contribution in [3.05, 3.63) is 96.1 Å². The minimum atomic E-state index is 0.683. The highest BCUT2D eigenvalue weighted by Crippen LogP contribution is 2.19. The summed E-state index contributed by atoms with van der Waals surface area (Å²) in [4.78, 5) is 0. The summed E-state index contributed by atoms with van der Waals surface area (Å²) in [6.45, 7) is 1.43. The zero-order valence-corrected chi connectivity index (χ0v) is 12.6. The third-order valence-electron chi connectivity index (χ3n) is 3.71. The molecule has 0 radical (unpaired) electrons. The van der Waals surface area contributed by atoms with Crippen LogP contribution in [0.1, 0.15) is 11.1 Å². The fraction of sp³-hybridized carbons (Fsp3) is 0.143. The van der Waals surface area contributed by atoms with Crippen molar-refractivity contribution in [3.8, 4) is 11.1 Å². The van der Waals surface area contributed by atoms with Crippen LogP contribution in [0.3, 0.4) is 0 Å². The molecule has 1 nitrogen and oxygen atoms in total. The average Bonchev–Trinajstić information content (AvgIpc) is 2.61. The zero-order valence-electron chi connectivity index (χ0n) is 12.6. The van der Waals surface area contributed by atoms with E-state index in [1.807, 2.05) is 24.3 Å². The molecule has 0 unspecified atom stereocenters. The van der Waals surface area contributed by atoms with Crippen molar-refractivity contribution in [1.82, 2.24) is 0 Å². The van der Waals surface area contributed by atoms with E-state index >= 15 is 0 Å². The first kappa shape index (κ1) is 14.6. The van der Waals surface area contributed by atoms with Gasteiger partial charge < -0.3 is 4.74 Å². The monoisotopic (exact) mass is 288 g/mol. The first-order chi connectivity index (χ1) is 10.9. The molecule has 0 saturated heterocycles. The smallest absolute Gasteiger partial charge is 0.0717 e.